The molecule has 0 spiro atoms. The van der Waals surface area contributed by atoms with E-state index < -0.39 is 5.54 Å². The molecule has 5 aromatic carbocycles. The molecule has 0 radical (unpaired) electrons. The van der Waals surface area contributed by atoms with Crippen LogP contribution < -0.4 is 9.64 Å². The second-order valence-electron chi connectivity index (χ2n) is 10.6. The second kappa shape index (κ2) is 10.0. The lowest BCUT2D eigenvalue weighted by Crippen LogP contribution is -2.38. The fourth-order valence-electron chi connectivity index (χ4n) is 5.44. The van der Waals surface area contributed by atoms with E-state index in [2.05, 4.69) is 79.4 Å². The first-order valence-corrected chi connectivity index (χ1v) is 13.7. The van der Waals surface area contributed by atoms with Crippen LogP contribution in [0.15, 0.2) is 133 Å². The molecular weight excluding hydrogens is 504 g/mol. The van der Waals surface area contributed by atoms with E-state index in [1.807, 2.05) is 72.8 Å². The molecule has 5 heteroatoms. The number of benzene rings is 5. The number of hydrogen-bond donors (Lipinski definition) is 0. The van der Waals surface area contributed by atoms with Gasteiger partial charge in [0.2, 0.25) is 5.95 Å². The Kier molecular flexibility index (Phi) is 6.05. The van der Waals surface area contributed by atoms with Crippen LogP contribution >= 0.6 is 0 Å². The number of nitrogens with zero attached hydrogens (tertiary/aromatic N) is 4. The van der Waals surface area contributed by atoms with Crippen LogP contribution in [0, 0.1) is 0 Å². The molecule has 198 valence electrons. The summed E-state index contributed by atoms with van der Waals surface area (Å²) in [5, 5.41) is 0. The molecular formula is C36H28N4O. The van der Waals surface area contributed by atoms with Crippen LogP contribution in [-0.4, -0.2) is 15.0 Å². The summed E-state index contributed by atoms with van der Waals surface area (Å²) in [6, 6.07) is 45.0. The molecule has 0 unspecified atom stereocenters. The van der Waals surface area contributed by atoms with Crippen LogP contribution in [-0.2, 0) is 5.54 Å². The molecule has 2 heterocycles. The Bertz CT molecular complexity index is 1830. The third kappa shape index (κ3) is 4.51. The number of anilines is 2. The number of para-hydroxylation sites is 3. The van der Waals surface area contributed by atoms with Crippen molar-refractivity contribution in [2.45, 2.75) is 19.4 Å². The minimum Gasteiger partial charge on any atom is -0.455 e. The fourth-order valence-corrected chi connectivity index (χ4v) is 5.44. The fraction of sp³-hybridized carbons (Fsp3) is 0.0833. The molecule has 0 saturated carbocycles. The molecule has 1 aromatic heterocycles. The maximum Gasteiger partial charge on any atom is 0.234 e. The van der Waals surface area contributed by atoms with Crippen LogP contribution in [0.3, 0.4) is 0 Å². The number of ether oxygens (including phenoxy) is 1. The number of hydrogen-bond acceptors (Lipinski definition) is 5. The largest absolute Gasteiger partial charge is 0.455 e. The summed E-state index contributed by atoms with van der Waals surface area (Å²) in [5.41, 5.74) is 5.56. The van der Waals surface area contributed by atoms with E-state index in [-0.39, 0.29) is 0 Å². The summed E-state index contributed by atoms with van der Waals surface area (Å²) in [5.74, 6) is 3.35. The predicted molar refractivity (Wildman–Crippen MR) is 164 cm³/mol. The maximum atomic E-state index is 6.46. The average molecular weight is 533 g/mol. The van der Waals surface area contributed by atoms with Crippen molar-refractivity contribution >= 4 is 11.6 Å². The zero-order valence-electron chi connectivity index (χ0n) is 22.9. The molecule has 0 fully saturated rings. The first-order chi connectivity index (χ1) is 20.1. The Morgan fingerprint density at radius 3 is 1.66 bits per heavy atom. The van der Waals surface area contributed by atoms with Crippen molar-refractivity contribution in [3.05, 3.63) is 139 Å². The van der Waals surface area contributed by atoms with E-state index in [0.717, 1.165) is 39.4 Å². The molecule has 0 aliphatic carbocycles. The van der Waals surface area contributed by atoms with Crippen LogP contribution in [0.1, 0.15) is 19.4 Å². The topological polar surface area (TPSA) is 51.1 Å². The van der Waals surface area contributed by atoms with Gasteiger partial charge in [0.15, 0.2) is 17.4 Å². The highest BCUT2D eigenvalue weighted by molar-refractivity contribution is 5.74. The second-order valence-corrected chi connectivity index (χ2v) is 10.6. The van der Waals surface area contributed by atoms with Crippen molar-refractivity contribution in [2.24, 2.45) is 0 Å². The SMILES string of the molecule is CC1(C)c2ccccc2Oc2ccccc2N1c1nc(-c2ccccc2)nc(-c2ccc(-c3ccccc3)cc2)n1. The zero-order chi connectivity index (χ0) is 27.8. The van der Waals surface area contributed by atoms with Gasteiger partial charge in [-0.3, -0.25) is 4.90 Å². The lowest BCUT2D eigenvalue weighted by atomic mass is 9.91. The zero-order valence-corrected chi connectivity index (χ0v) is 22.9. The van der Waals surface area contributed by atoms with Gasteiger partial charge in [0, 0.05) is 16.7 Å². The summed E-state index contributed by atoms with van der Waals surface area (Å²) in [6.07, 6.45) is 0. The summed E-state index contributed by atoms with van der Waals surface area (Å²) >= 11 is 0. The lowest BCUT2D eigenvalue weighted by molar-refractivity contribution is 0.470. The normalized spacial score (nSPS) is 13.5. The Labute approximate surface area is 239 Å². The predicted octanol–water partition coefficient (Wildman–Crippen LogP) is 9.05. The Balaban J connectivity index is 1.43. The molecule has 1 aliphatic rings. The van der Waals surface area contributed by atoms with Crippen molar-refractivity contribution in [3.8, 4) is 45.4 Å². The highest BCUT2D eigenvalue weighted by Crippen LogP contribution is 2.49. The highest BCUT2D eigenvalue weighted by Gasteiger charge is 2.39. The number of aromatic nitrogens is 3. The number of fused-ring (bicyclic) bond motifs is 2. The van der Waals surface area contributed by atoms with Crippen molar-refractivity contribution < 1.29 is 4.74 Å². The first-order valence-electron chi connectivity index (χ1n) is 13.7. The molecule has 41 heavy (non-hydrogen) atoms. The monoisotopic (exact) mass is 532 g/mol. The van der Waals surface area contributed by atoms with E-state index in [1.165, 1.54) is 5.56 Å². The molecule has 0 bridgehead atoms. The minimum atomic E-state index is -0.535. The lowest BCUT2D eigenvalue weighted by Gasteiger charge is -2.38. The van der Waals surface area contributed by atoms with Gasteiger partial charge in [-0.05, 0) is 43.2 Å². The molecule has 0 saturated heterocycles. The number of rotatable bonds is 4. The smallest absolute Gasteiger partial charge is 0.234 e. The summed E-state index contributed by atoms with van der Waals surface area (Å²) in [6.45, 7) is 4.36. The van der Waals surface area contributed by atoms with Gasteiger partial charge in [-0.15, -0.1) is 0 Å². The van der Waals surface area contributed by atoms with E-state index >= 15 is 0 Å². The van der Waals surface area contributed by atoms with Crippen molar-refractivity contribution in [3.63, 3.8) is 0 Å². The molecule has 7 rings (SSSR count). The van der Waals surface area contributed by atoms with E-state index in [1.54, 1.807) is 0 Å². The first kappa shape index (κ1) is 24.7. The molecule has 1 aliphatic heterocycles. The maximum absolute atomic E-state index is 6.46. The third-order valence-corrected chi connectivity index (χ3v) is 7.54. The van der Waals surface area contributed by atoms with Crippen molar-refractivity contribution in [2.75, 3.05) is 4.90 Å². The van der Waals surface area contributed by atoms with Crippen LogP contribution in [0.5, 0.6) is 11.5 Å². The van der Waals surface area contributed by atoms with Crippen molar-refractivity contribution in [1.29, 1.82) is 0 Å². The molecule has 6 aromatic rings. The van der Waals surface area contributed by atoms with Crippen LogP contribution in [0.4, 0.5) is 11.6 Å². The van der Waals surface area contributed by atoms with E-state index in [0.29, 0.717) is 17.6 Å². The van der Waals surface area contributed by atoms with E-state index in [4.69, 9.17) is 19.7 Å². The van der Waals surface area contributed by atoms with Gasteiger partial charge in [0.25, 0.3) is 0 Å². The standard InChI is InChI=1S/C36H28N4O/c1-36(2)29-17-9-11-19-31(29)41-32-20-12-10-18-30(32)40(36)35-38-33(27-15-7-4-8-16-27)37-34(39-35)28-23-21-26(22-24-28)25-13-5-3-6-14-25/h3-24H,1-2H3. The minimum absolute atomic E-state index is 0.535. The van der Waals surface area contributed by atoms with Crippen molar-refractivity contribution in [1.82, 2.24) is 15.0 Å². The van der Waals surface area contributed by atoms with Crippen LogP contribution in [0.25, 0.3) is 33.9 Å². The Morgan fingerprint density at radius 1 is 0.488 bits per heavy atom. The van der Waals surface area contributed by atoms with Gasteiger partial charge >= 0.3 is 0 Å². The average Bonchev–Trinajstić information content (AvgIpc) is 3.13. The summed E-state index contributed by atoms with van der Waals surface area (Å²) < 4.78 is 6.46. The van der Waals surface area contributed by atoms with Gasteiger partial charge in [0.1, 0.15) is 5.75 Å². The van der Waals surface area contributed by atoms with Gasteiger partial charge in [-0.25, -0.2) is 4.98 Å². The quantitative estimate of drug-likeness (QED) is 0.227. The molecule has 0 N–H and O–H groups in total. The molecule has 5 nitrogen and oxygen atoms in total. The third-order valence-electron chi connectivity index (χ3n) is 7.54. The molecule has 0 atom stereocenters. The highest BCUT2D eigenvalue weighted by atomic mass is 16.5. The van der Waals surface area contributed by atoms with Crippen LogP contribution in [0.2, 0.25) is 0 Å². The van der Waals surface area contributed by atoms with Gasteiger partial charge in [0.05, 0.1) is 11.2 Å². The van der Waals surface area contributed by atoms with Gasteiger partial charge < -0.3 is 4.74 Å². The summed E-state index contributed by atoms with van der Waals surface area (Å²) in [4.78, 5) is 17.3. The Hall–Kier alpha value is -5.29. The van der Waals surface area contributed by atoms with Gasteiger partial charge in [-0.2, -0.15) is 9.97 Å². The molecule has 0 amide bonds. The van der Waals surface area contributed by atoms with Gasteiger partial charge in [-0.1, -0.05) is 115 Å². The van der Waals surface area contributed by atoms with E-state index in [9.17, 15) is 0 Å². The Morgan fingerprint density at radius 2 is 0.976 bits per heavy atom. The summed E-state index contributed by atoms with van der Waals surface area (Å²) in [7, 11) is 0.